The van der Waals surface area contributed by atoms with Crippen LogP contribution in [0.4, 0.5) is 0 Å². The standard InChI is InChI=1S/C23H29N3O6/c1-2-32-21(29)10-9-20(28)25-14-11-16(12-15-25)24-19(27)8-5-13-26-22(30)17-6-3-4-7-18(17)23(26)31/h3-4,6-7,16H,2,5,8-15H2,1H3,(H,24,27). The molecule has 0 aliphatic carbocycles. The monoisotopic (exact) mass is 443 g/mol. The lowest BCUT2D eigenvalue weighted by molar-refractivity contribution is -0.146. The molecule has 4 amide bonds. The number of nitrogens with zero attached hydrogens (tertiary/aromatic N) is 2. The van der Waals surface area contributed by atoms with Crippen molar-refractivity contribution in [3.63, 3.8) is 0 Å². The molecule has 0 saturated carbocycles. The number of hydrogen-bond donors (Lipinski definition) is 1. The first-order valence-electron chi connectivity index (χ1n) is 11.1. The summed E-state index contributed by atoms with van der Waals surface area (Å²) < 4.78 is 4.84. The number of amides is 4. The largest absolute Gasteiger partial charge is 0.466 e. The first-order valence-corrected chi connectivity index (χ1v) is 11.1. The Bertz CT molecular complexity index is 856. The maximum Gasteiger partial charge on any atom is 0.306 e. The van der Waals surface area contributed by atoms with Gasteiger partial charge in [0.1, 0.15) is 0 Å². The van der Waals surface area contributed by atoms with Gasteiger partial charge in [-0.25, -0.2) is 0 Å². The molecule has 0 unspecified atom stereocenters. The second-order valence-corrected chi connectivity index (χ2v) is 7.94. The first kappa shape index (κ1) is 23.4. The van der Waals surface area contributed by atoms with Crippen LogP contribution < -0.4 is 5.32 Å². The summed E-state index contributed by atoms with van der Waals surface area (Å²) in [6, 6.07) is 6.70. The van der Waals surface area contributed by atoms with E-state index in [4.69, 9.17) is 4.74 Å². The summed E-state index contributed by atoms with van der Waals surface area (Å²) >= 11 is 0. The van der Waals surface area contributed by atoms with Crippen LogP contribution in [-0.4, -0.2) is 71.7 Å². The van der Waals surface area contributed by atoms with Crippen molar-refractivity contribution in [2.45, 2.75) is 51.5 Å². The molecule has 172 valence electrons. The van der Waals surface area contributed by atoms with Crippen LogP contribution in [0.3, 0.4) is 0 Å². The molecule has 2 aliphatic heterocycles. The average molecular weight is 444 g/mol. The van der Waals surface area contributed by atoms with Gasteiger partial charge in [-0.05, 0) is 38.3 Å². The molecule has 0 spiro atoms. The van der Waals surface area contributed by atoms with E-state index in [9.17, 15) is 24.0 Å². The van der Waals surface area contributed by atoms with Crippen LogP contribution in [0.2, 0.25) is 0 Å². The SMILES string of the molecule is CCOC(=O)CCC(=O)N1CCC(NC(=O)CCCN2C(=O)c3ccccc3C2=O)CC1. The molecule has 1 saturated heterocycles. The quantitative estimate of drug-likeness (QED) is 0.457. The van der Waals surface area contributed by atoms with Gasteiger partial charge < -0.3 is 15.0 Å². The molecule has 32 heavy (non-hydrogen) atoms. The van der Waals surface area contributed by atoms with Crippen LogP contribution in [0.15, 0.2) is 24.3 Å². The fraction of sp³-hybridized carbons (Fsp3) is 0.522. The Kier molecular flexibility index (Phi) is 7.97. The maximum absolute atomic E-state index is 12.3. The van der Waals surface area contributed by atoms with Crippen molar-refractivity contribution in [3.8, 4) is 0 Å². The van der Waals surface area contributed by atoms with E-state index in [1.807, 2.05) is 0 Å². The molecular weight excluding hydrogens is 414 g/mol. The minimum Gasteiger partial charge on any atom is -0.466 e. The highest BCUT2D eigenvalue weighted by Gasteiger charge is 2.34. The van der Waals surface area contributed by atoms with Gasteiger partial charge in [-0.1, -0.05) is 12.1 Å². The number of nitrogens with one attached hydrogen (secondary N) is 1. The van der Waals surface area contributed by atoms with Crippen molar-refractivity contribution >= 4 is 29.6 Å². The Labute approximate surface area is 187 Å². The minimum absolute atomic E-state index is 0.0177. The molecule has 2 heterocycles. The van der Waals surface area contributed by atoms with Crippen LogP contribution in [0.5, 0.6) is 0 Å². The van der Waals surface area contributed by atoms with Crippen molar-refractivity contribution < 1.29 is 28.7 Å². The van der Waals surface area contributed by atoms with Gasteiger partial charge in [0.25, 0.3) is 11.8 Å². The molecule has 1 fully saturated rings. The van der Waals surface area contributed by atoms with E-state index in [1.165, 1.54) is 4.90 Å². The summed E-state index contributed by atoms with van der Waals surface area (Å²) in [7, 11) is 0. The maximum atomic E-state index is 12.3. The summed E-state index contributed by atoms with van der Waals surface area (Å²) in [5.41, 5.74) is 0.816. The van der Waals surface area contributed by atoms with Crippen molar-refractivity contribution in [1.29, 1.82) is 0 Å². The fourth-order valence-corrected chi connectivity index (χ4v) is 4.01. The number of hydrogen-bond acceptors (Lipinski definition) is 6. The molecule has 3 rings (SSSR count). The number of carbonyl (C=O) groups is 5. The molecule has 1 aromatic carbocycles. The van der Waals surface area contributed by atoms with Crippen molar-refractivity contribution in [1.82, 2.24) is 15.1 Å². The summed E-state index contributed by atoms with van der Waals surface area (Å²) in [5, 5.41) is 2.97. The molecule has 2 aliphatic rings. The van der Waals surface area contributed by atoms with Crippen LogP contribution in [0.25, 0.3) is 0 Å². The predicted molar refractivity (Wildman–Crippen MR) is 115 cm³/mol. The number of piperidine rings is 1. The molecule has 0 atom stereocenters. The summed E-state index contributed by atoms with van der Waals surface area (Å²) in [6.07, 6.45) is 2.11. The second kappa shape index (κ2) is 10.9. The zero-order chi connectivity index (χ0) is 23.1. The third-order valence-electron chi connectivity index (χ3n) is 5.72. The lowest BCUT2D eigenvalue weighted by Gasteiger charge is -2.32. The van der Waals surface area contributed by atoms with Crippen molar-refractivity contribution in [3.05, 3.63) is 35.4 Å². The van der Waals surface area contributed by atoms with Gasteiger partial charge in [0.15, 0.2) is 0 Å². The zero-order valence-corrected chi connectivity index (χ0v) is 18.3. The van der Waals surface area contributed by atoms with E-state index >= 15 is 0 Å². The van der Waals surface area contributed by atoms with E-state index in [-0.39, 0.29) is 61.4 Å². The van der Waals surface area contributed by atoms with Gasteiger partial charge in [0.2, 0.25) is 11.8 Å². The molecule has 0 bridgehead atoms. The predicted octanol–water partition coefficient (Wildman–Crippen LogP) is 1.51. The van der Waals surface area contributed by atoms with Gasteiger partial charge in [-0.15, -0.1) is 0 Å². The third-order valence-corrected chi connectivity index (χ3v) is 5.72. The smallest absolute Gasteiger partial charge is 0.306 e. The Hall–Kier alpha value is -3.23. The number of ether oxygens (including phenoxy) is 1. The van der Waals surface area contributed by atoms with Gasteiger partial charge in [0, 0.05) is 38.5 Å². The van der Waals surface area contributed by atoms with Gasteiger partial charge in [-0.2, -0.15) is 0 Å². The van der Waals surface area contributed by atoms with Crippen molar-refractivity contribution in [2.24, 2.45) is 0 Å². The number of fused-ring (bicyclic) bond motifs is 1. The van der Waals surface area contributed by atoms with E-state index < -0.39 is 0 Å². The van der Waals surface area contributed by atoms with Crippen LogP contribution in [-0.2, 0) is 19.1 Å². The molecule has 0 aromatic heterocycles. The Morgan fingerprint density at radius 2 is 1.62 bits per heavy atom. The zero-order valence-electron chi connectivity index (χ0n) is 18.3. The Morgan fingerprint density at radius 1 is 1.00 bits per heavy atom. The topological polar surface area (TPSA) is 113 Å². The molecule has 0 radical (unpaired) electrons. The number of rotatable bonds is 9. The Morgan fingerprint density at radius 3 is 2.22 bits per heavy atom. The van der Waals surface area contributed by atoms with Gasteiger partial charge in [0.05, 0.1) is 24.2 Å². The number of esters is 1. The minimum atomic E-state index is -0.371. The first-order chi connectivity index (χ1) is 15.4. The number of carbonyl (C=O) groups excluding carboxylic acids is 5. The van der Waals surface area contributed by atoms with E-state index in [0.29, 0.717) is 50.1 Å². The van der Waals surface area contributed by atoms with E-state index in [2.05, 4.69) is 5.32 Å². The number of likely N-dealkylation sites (tertiary alicyclic amines) is 1. The summed E-state index contributed by atoms with van der Waals surface area (Å²) in [4.78, 5) is 63.5. The molecule has 9 nitrogen and oxygen atoms in total. The molecule has 1 N–H and O–H groups in total. The molecular formula is C23H29N3O6. The summed E-state index contributed by atoms with van der Waals surface area (Å²) in [5.74, 6) is -1.21. The van der Waals surface area contributed by atoms with Crippen LogP contribution in [0, 0.1) is 0 Å². The van der Waals surface area contributed by atoms with E-state index in [0.717, 1.165) is 0 Å². The fourth-order valence-electron chi connectivity index (χ4n) is 4.01. The van der Waals surface area contributed by atoms with Crippen LogP contribution >= 0.6 is 0 Å². The number of benzene rings is 1. The van der Waals surface area contributed by atoms with E-state index in [1.54, 1.807) is 36.1 Å². The van der Waals surface area contributed by atoms with Crippen LogP contribution in [0.1, 0.15) is 66.2 Å². The number of imide groups is 1. The molecule has 9 heteroatoms. The average Bonchev–Trinajstić information content (AvgIpc) is 3.03. The molecule has 1 aromatic rings. The summed E-state index contributed by atoms with van der Waals surface area (Å²) in [6.45, 7) is 3.29. The Balaban J connectivity index is 1.34. The normalized spacial score (nSPS) is 16.2. The highest BCUT2D eigenvalue weighted by molar-refractivity contribution is 6.21. The van der Waals surface area contributed by atoms with Gasteiger partial charge in [-0.3, -0.25) is 28.9 Å². The lowest BCUT2D eigenvalue weighted by Crippen LogP contribution is -2.46. The highest BCUT2D eigenvalue weighted by Crippen LogP contribution is 2.22. The van der Waals surface area contributed by atoms with Crippen molar-refractivity contribution in [2.75, 3.05) is 26.2 Å². The lowest BCUT2D eigenvalue weighted by atomic mass is 10.0. The second-order valence-electron chi connectivity index (χ2n) is 7.94. The van der Waals surface area contributed by atoms with Gasteiger partial charge >= 0.3 is 5.97 Å². The third kappa shape index (κ3) is 5.72. The highest BCUT2D eigenvalue weighted by atomic mass is 16.5.